The number of aliphatic hydroxyl groups excluding tert-OH is 2. The molecule has 16 nitrogen and oxygen atoms in total. The predicted octanol–water partition coefficient (Wildman–Crippen LogP) is 0.770. The number of hydrogen-bond acceptors (Lipinski definition) is 14. The molecule has 1 amide bonds. The fraction of sp³-hybridized carbons (Fsp3) is 0.429. The van der Waals surface area contributed by atoms with Crippen molar-refractivity contribution in [2.45, 2.75) is 82.3 Å². The number of nitrogens with one attached hydrogen (secondary N) is 1. The topological polar surface area (TPSA) is 255 Å². The molecule has 2 aliphatic carbocycles. The maximum atomic E-state index is 13.9. The van der Waals surface area contributed by atoms with Gasteiger partial charge in [-0.15, -0.1) is 0 Å². The standard InChI is InChI=1S/C35H38N2O14/c1-14-9-23(41)37(34(14)47)8-7-22(40)36-18-10-24(50-15(2)29(18)42)51-20-12-35(48,21(39)13-38)11-17-26(20)33(46)28-27(31(17)44)30(43)16-5-4-6-19(49-3)25(16)32(28)45/h4-6,9,15,18,20,24,29,38,41-42,44,46-48H,7-8,10-13H2,1-3H3,(H,36,40)/t15-,18-,20-,24-,29+,35-/m0/s1. The van der Waals surface area contributed by atoms with Gasteiger partial charge in [-0.2, -0.15) is 0 Å². The number of ketones is 3. The molecule has 8 N–H and O–H groups in total. The first-order valence-corrected chi connectivity index (χ1v) is 16.2. The highest BCUT2D eigenvalue weighted by atomic mass is 16.7. The van der Waals surface area contributed by atoms with Gasteiger partial charge in [-0.25, -0.2) is 0 Å². The van der Waals surface area contributed by atoms with Crippen LogP contribution in [0.15, 0.2) is 24.3 Å². The fourth-order valence-electron chi connectivity index (χ4n) is 7.23. The molecule has 272 valence electrons. The summed E-state index contributed by atoms with van der Waals surface area (Å²) in [6.07, 6.45) is -6.52. The molecule has 1 aromatic heterocycles. The number of hydrogen-bond donors (Lipinski definition) is 8. The number of Topliss-reactive ketones (excluding diaryl/α,β-unsaturated/α-hetero) is 1. The number of methoxy groups -OCH3 is 1. The van der Waals surface area contributed by atoms with Crippen molar-refractivity contribution >= 4 is 23.3 Å². The van der Waals surface area contributed by atoms with Gasteiger partial charge in [0.15, 0.2) is 29.6 Å². The maximum Gasteiger partial charge on any atom is 0.222 e. The summed E-state index contributed by atoms with van der Waals surface area (Å²) in [5, 5.41) is 78.2. The third-order valence-electron chi connectivity index (χ3n) is 9.90. The second-order valence-corrected chi connectivity index (χ2v) is 13.1. The summed E-state index contributed by atoms with van der Waals surface area (Å²) in [6.45, 7) is 1.93. The lowest BCUT2D eigenvalue weighted by Crippen LogP contribution is -2.56. The van der Waals surface area contributed by atoms with Gasteiger partial charge < -0.3 is 55.3 Å². The highest BCUT2D eigenvalue weighted by Crippen LogP contribution is 2.52. The van der Waals surface area contributed by atoms with E-state index in [1.165, 1.54) is 38.3 Å². The summed E-state index contributed by atoms with van der Waals surface area (Å²) < 4.78 is 18.5. The van der Waals surface area contributed by atoms with E-state index in [0.717, 1.165) is 4.57 Å². The van der Waals surface area contributed by atoms with E-state index in [2.05, 4.69) is 5.32 Å². The highest BCUT2D eigenvalue weighted by Gasteiger charge is 2.50. The van der Waals surface area contributed by atoms with Crippen LogP contribution in [0.3, 0.4) is 0 Å². The number of ether oxygens (including phenoxy) is 3. The van der Waals surface area contributed by atoms with Gasteiger partial charge in [0.25, 0.3) is 0 Å². The Balaban J connectivity index is 1.33. The first-order valence-electron chi connectivity index (χ1n) is 16.2. The predicted molar refractivity (Wildman–Crippen MR) is 173 cm³/mol. The minimum Gasteiger partial charge on any atom is -0.507 e. The number of aryl methyl sites for hydroxylation is 1. The van der Waals surface area contributed by atoms with Gasteiger partial charge in [-0.1, -0.05) is 12.1 Å². The number of fused-ring (bicyclic) bond motifs is 3. The summed E-state index contributed by atoms with van der Waals surface area (Å²) in [5.41, 5.74) is -3.71. The van der Waals surface area contributed by atoms with Crippen LogP contribution in [-0.4, -0.2) is 107 Å². The Hall–Kier alpha value is -5.00. The Bertz CT molecular complexity index is 1950. The van der Waals surface area contributed by atoms with Crippen LogP contribution < -0.4 is 10.1 Å². The number of aromatic hydroxyl groups is 4. The first kappa shape index (κ1) is 35.8. The van der Waals surface area contributed by atoms with E-state index in [1.54, 1.807) is 6.92 Å². The van der Waals surface area contributed by atoms with Crippen molar-refractivity contribution in [3.05, 3.63) is 63.2 Å². The molecule has 16 heteroatoms. The van der Waals surface area contributed by atoms with Crippen LogP contribution in [0.2, 0.25) is 0 Å². The van der Waals surface area contributed by atoms with Gasteiger partial charge in [0.2, 0.25) is 11.7 Å². The monoisotopic (exact) mass is 710 g/mol. The van der Waals surface area contributed by atoms with Gasteiger partial charge in [-0.05, 0) is 19.9 Å². The normalized spacial score (nSPS) is 25.5. The Morgan fingerprint density at radius 2 is 1.78 bits per heavy atom. The second kappa shape index (κ2) is 13.3. The average Bonchev–Trinajstić information content (AvgIpc) is 3.34. The zero-order chi connectivity index (χ0) is 37.1. The van der Waals surface area contributed by atoms with Crippen molar-refractivity contribution in [1.29, 1.82) is 0 Å². The fourth-order valence-corrected chi connectivity index (χ4v) is 7.23. The molecule has 0 radical (unpaired) electrons. The zero-order valence-electron chi connectivity index (χ0n) is 27.9. The number of phenols is 2. The van der Waals surface area contributed by atoms with Crippen molar-refractivity contribution in [1.82, 2.24) is 9.88 Å². The van der Waals surface area contributed by atoms with Crippen LogP contribution in [-0.2, 0) is 32.0 Å². The first-order chi connectivity index (χ1) is 24.1. The molecule has 6 atom stereocenters. The molecule has 1 fully saturated rings. The van der Waals surface area contributed by atoms with E-state index in [-0.39, 0.29) is 59.1 Å². The summed E-state index contributed by atoms with van der Waals surface area (Å²) in [5.74, 6) is -5.12. The molecular formula is C35H38N2O14. The van der Waals surface area contributed by atoms with Crippen LogP contribution in [0.1, 0.15) is 80.8 Å². The van der Waals surface area contributed by atoms with Gasteiger partial charge in [0, 0.05) is 60.5 Å². The van der Waals surface area contributed by atoms with Gasteiger partial charge in [0.1, 0.15) is 35.6 Å². The van der Waals surface area contributed by atoms with E-state index in [1.807, 2.05) is 0 Å². The van der Waals surface area contributed by atoms with Crippen LogP contribution in [0.4, 0.5) is 0 Å². The number of phenolic OH excluding ortho intramolecular Hbond substituents is 2. The molecule has 3 aliphatic rings. The highest BCUT2D eigenvalue weighted by molar-refractivity contribution is 6.31. The van der Waals surface area contributed by atoms with E-state index in [9.17, 15) is 54.9 Å². The number of carbonyl (C=O) groups is 4. The van der Waals surface area contributed by atoms with Crippen LogP contribution in [0.5, 0.6) is 29.0 Å². The summed E-state index contributed by atoms with van der Waals surface area (Å²) in [6, 6.07) is 4.66. The number of rotatable bonds is 9. The number of carbonyl (C=O) groups excluding carboxylic acids is 4. The molecule has 0 spiro atoms. The summed E-state index contributed by atoms with van der Waals surface area (Å²) in [4.78, 5) is 53.4. The summed E-state index contributed by atoms with van der Waals surface area (Å²) >= 11 is 0. The quantitative estimate of drug-likeness (QED) is 0.112. The van der Waals surface area contributed by atoms with Crippen molar-refractivity contribution < 1.29 is 69.1 Å². The molecule has 1 saturated heterocycles. The molecule has 0 unspecified atom stereocenters. The lowest BCUT2D eigenvalue weighted by Gasteiger charge is -2.43. The van der Waals surface area contributed by atoms with Crippen molar-refractivity contribution in [2.24, 2.45) is 0 Å². The lowest BCUT2D eigenvalue weighted by molar-refractivity contribution is -0.249. The second-order valence-electron chi connectivity index (χ2n) is 13.1. The molecule has 51 heavy (non-hydrogen) atoms. The van der Waals surface area contributed by atoms with E-state index >= 15 is 0 Å². The van der Waals surface area contributed by atoms with Crippen molar-refractivity contribution in [2.75, 3.05) is 13.7 Å². The van der Waals surface area contributed by atoms with Gasteiger partial charge in [-0.3, -0.25) is 23.7 Å². The Kier molecular flexibility index (Phi) is 9.32. The minimum atomic E-state index is -2.35. The van der Waals surface area contributed by atoms with Crippen LogP contribution >= 0.6 is 0 Å². The van der Waals surface area contributed by atoms with Gasteiger partial charge in [0.05, 0.1) is 42.0 Å². The number of aliphatic hydroxyl groups is 3. The Morgan fingerprint density at radius 1 is 1.08 bits per heavy atom. The van der Waals surface area contributed by atoms with E-state index in [0.29, 0.717) is 5.56 Å². The smallest absolute Gasteiger partial charge is 0.222 e. The lowest BCUT2D eigenvalue weighted by atomic mass is 9.72. The third kappa shape index (κ3) is 5.98. The number of amides is 1. The largest absolute Gasteiger partial charge is 0.507 e. The molecular weight excluding hydrogens is 672 g/mol. The Labute approximate surface area is 290 Å². The van der Waals surface area contributed by atoms with Crippen LogP contribution in [0.25, 0.3) is 0 Å². The third-order valence-corrected chi connectivity index (χ3v) is 9.90. The minimum absolute atomic E-state index is 0.0529. The van der Waals surface area contributed by atoms with E-state index in [4.69, 9.17) is 14.2 Å². The SMILES string of the molecule is COc1cccc2c1C(=O)c1c(O)c3c(c(O)c1C2=O)C[C@@](O)(C(=O)CO)C[C@@H]3O[C@H]1C[C@H](NC(=O)CCn2c(O)cc(C)c2O)[C@H](O)[C@H](C)O1. The maximum absolute atomic E-state index is 13.9. The Morgan fingerprint density at radius 3 is 2.43 bits per heavy atom. The molecule has 0 saturated carbocycles. The molecule has 1 aliphatic heterocycles. The molecule has 2 aromatic carbocycles. The molecule has 6 rings (SSSR count). The van der Waals surface area contributed by atoms with E-state index < -0.39 is 102 Å². The van der Waals surface area contributed by atoms with Crippen LogP contribution in [0, 0.1) is 6.92 Å². The van der Waals surface area contributed by atoms with Crippen molar-refractivity contribution in [3.8, 4) is 29.0 Å². The number of aromatic nitrogens is 1. The average molecular weight is 711 g/mol. The zero-order valence-corrected chi connectivity index (χ0v) is 27.9. The van der Waals surface area contributed by atoms with Gasteiger partial charge >= 0.3 is 0 Å². The number of benzene rings is 2. The summed E-state index contributed by atoms with van der Waals surface area (Å²) in [7, 11) is 1.30. The molecule has 3 aromatic rings. The molecule has 2 heterocycles. The number of nitrogens with zero attached hydrogens (tertiary/aromatic N) is 1. The van der Waals surface area contributed by atoms with Crippen molar-refractivity contribution in [3.63, 3.8) is 0 Å². The molecule has 0 bridgehead atoms.